The van der Waals surface area contributed by atoms with Gasteiger partial charge in [-0.2, -0.15) is 0 Å². The summed E-state index contributed by atoms with van der Waals surface area (Å²) >= 11 is 3.38. The number of rotatable bonds is 6. The fraction of sp³-hybridized carbons (Fsp3) is 0.235. The first-order valence-corrected chi connectivity index (χ1v) is 8.02. The molecule has 0 radical (unpaired) electrons. The molecule has 1 atom stereocenters. The molecule has 0 spiro atoms. The molecule has 0 aliphatic carbocycles. The molecule has 0 unspecified atom stereocenters. The molecule has 122 valence electrons. The van der Waals surface area contributed by atoms with E-state index in [0.29, 0.717) is 0 Å². The number of carbonyl (C=O) groups excluding carboxylic acids is 1. The fourth-order valence-corrected chi connectivity index (χ4v) is 2.46. The van der Waals surface area contributed by atoms with Gasteiger partial charge in [0.25, 0.3) is 0 Å². The van der Waals surface area contributed by atoms with Gasteiger partial charge in [0.1, 0.15) is 11.6 Å². The van der Waals surface area contributed by atoms with Crippen molar-refractivity contribution in [1.29, 1.82) is 0 Å². The summed E-state index contributed by atoms with van der Waals surface area (Å²) < 4.78 is 27.6. The molecule has 2 aromatic rings. The van der Waals surface area contributed by atoms with Gasteiger partial charge in [-0.25, -0.2) is 8.78 Å². The van der Waals surface area contributed by atoms with Gasteiger partial charge in [-0.3, -0.25) is 4.79 Å². The minimum Gasteiger partial charge on any atom is -0.322 e. The van der Waals surface area contributed by atoms with Gasteiger partial charge >= 0.3 is 0 Å². The molecule has 2 rings (SSSR count). The number of carbonyl (C=O) groups is 1. The summed E-state index contributed by atoms with van der Waals surface area (Å²) in [6, 6.07) is 10.7. The van der Waals surface area contributed by atoms with Gasteiger partial charge in [-0.1, -0.05) is 35.0 Å². The van der Waals surface area contributed by atoms with Crippen molar-refractivity contribution in [3.63, 3.8) is 0 Å². The van der Waals surface area contributed by atoms with E-state index >= 15 is 0 Å². The third-order valence-corrected chi connectivity index (χ3v) is 3.92. The van der Waals surface area contributed by atoms with E-state index in [1.807, 2.05) is 31.2 Å². The minimum absolute atomic E-state index is 0.00449. The van der Waals surface area contributed by atoms with Crippen LogP contribution in [0.5, 0.6) is 0 Å². The topological polar surface area (TPSA) is 41.1 Å². The zero-order valence-electron chi connectivity index (χ0n) is 12.6. The molecule has 0 heterocycles. The summed E-state index contributed by atoms with van der Waals surface area (Å²) in [6.45, 7) is 2.01. The molecule has 0 aliphatic rings. The van der Waals surface area contributed by atoms with Crippen molar-refractivity contribution in [2.75, 3.05) is 11.9 Å². The van der Waals surface area contributed by atoms with E-state index in [9.17, 15) is 13.6 Å². The largest absolute Gasteiger partial charge is 0.322 e. The average molecular weight is 383 g/mol. The van der Waals surface area contributed by atoms with Gasteiger partial charge in [0.2, 0.25) is 5.91 Å². The molecule has 0 aromatic heterocycles. The second kappa shape index (κ2) is 8.17. The standard InChI is InChI=1S/C17H17BrF2N2O/c1-2-15(11-3-5-12(18)6-4-11)21-10-17(23)22-16-9-13(19)7-8-14(16)20/h3-9,15,21H,2,10H2,1H3,(H,22,23)/t15-/m0/s1. The van der Waals surface area contributed by atoms with Crippen molar-refractivity contribution in [3.8, 4) is 0 Å². The van der Waals surface area contributed by atoms with Crippen molar-refractivity contribution in [2.45, 2.75) is 19.4 Å². The quantitative estimate of drug-likeness (QED) is 0.776. The van der Waals surface area contributed by atoms with Crippen LogP contribution >= 0.6 is 15.9 Å². The van der Waals surface area contributed by atoms with E-state index in [4.69, 9.17) is 0 Å². The second-order valence-corrected chi connectivity index (χ2v) is 5.98. The number of nitrogens with one attached hydrogen (secondary N) is 2. The summed E-state index contributed by atoms with van der Waals surface area (Å²) in [7, 11) is 0. The predicted octanol–water partition coefficient (Wildman–Crippen LogP) is 4.41. The molecule has 0 saturated heterocycles. The first-order valence-electron chi connectivity index (χ1n) is 7.23. The summed E-state index contributed by atoms with van der Waals surface area (Å²) in [6.07, 6.45) is 0.795. The lowest BCUT2D eigenvalue weighted by atomic mass is 10.0. The van der Waals surface area contributed by atoms with Gasteiger partial charge in [-0.05, 0) is 36.2 Å². The molecular formula is C17H17BrF2N2O. The van der Waals surface area contributed by atoms with E-state index in [-0.39, 0.29) is 18.3 Å². The molecule has 6 heteroatoms. The number of anilines is 1. The van der Waals surface area contributed by atoms with Crippen molar-refractivity contribution in [2.24, 2.45) is 0 Å². The lowest BCUT2D eigenvalue weighted by Crippen LogP contribution is -2.31. The maximum atomic E-state index is 13.5. The lowest BCUT2D eigenvalue weighted by Gasteiger charge is -2.17. The van der Waals surface area contributed by atoms with Crippen LogP contribution in [-0.4, -0.2) is 12.5 Å². The number of halogens is 3. The maximum absolute atomic E-state index is 13.5. The molecule has 0 saturated carbocycles. The molecule has 0 bridgehead atoms. The zero-order chi connectivity index (χ0) is 16.8. The van der Waals surface area contributed by atoms with Crippen molar-refractivity contribution < 1.29 is 13.6 Å². The second-order valence-electron chi connectivity index (χ2n) is 5.07. The van der Waals surface area contributed by atoms with Gasteiger partial charge < -0.3 is 10.6 Å². The molecular weight excluding hydrogens is 366 g/mol. The maximum Gasteiger partial charge on any atom is 0.238 e. The highest BCUT2D eigenvalue weighted by atomic mass is 79.9. The van der Waals surface area contributed by atoms with Gasteiger partial charge in [-0.15, -0.1) is 0 Å². The van der Waals surface area contributed by atoms with Crippen LogP contribution in [0.3, 0.4) is 0 Å². The molecule has 0 fully saturated rings. The zero-order valence-corrected chi connectivity index (χ0v) is 14.2. The Kier molecular flexibility index (Phi) is 6.24. The molecule has 0 aliphatic heterocycles. The lowest BCUT2D eigenvalue weighted by molar-refractivity contribution is -0.115. The number of amides is 1. The summed E-state index contributed by atoms with van der Waals surface area (Å²) in [4.78, 5) is 11.9. The molecule has 1 amide bonds. The molecule has 2 N–H and O–H groups in total. The molecule has 2 aromatic carbocycles. The van der Waals surface area contributed by atoms with Gasteiger partial charge in [0, 0.05) is 16.6 Å². The van der Waals surface area contributed by atoms with Crippen LogP contribution in [0.15, 0.2) is 46.9 Å². The number of hydrogen-bond acceptors (Lipinski definition) is 2. The van der Waals surface area contributed by atoms with E-state index in [1.54, 1.807) is 0 Å². The van der Waals surface area contributed by atoms with Crippen LogP contribution in [0, 0.1) is 11.6 Å². The van der Waals surface area contributed by atoms with Gasteiger partial charge in [0.05, 0.1) is 12.2 Å². The van der Waals surface area contributed by atoms with Crippen molar-refractivity contribution in [3.05, 3.63) is 64.1 Å². The highest BCUT2D eigenvalue weighted by molar-refractivity contribution is 9.10. The Morgan fingerprint density at radius 1 is 1.17 bits per heavy atom. The highest BCUT2D eigenvalue weighted by Crippen LogP contribution is 2.19. The first-order chi connectivity index (χ1) is 11.0. The molecule has 23 heavy (non-hydrogen) atoms. The normalized spacial score (nSPS) is 12.0. The predicted molar refractivity (Wildman–Crippen MR) is 90.2 cm³/mol. The van der Waals surface area contributed by atoms with Crippen LogP contribution < -0.4 is 10.6 Å². The average Bonchev–Trinajstić information content (AvgIpc) is 2.53. The van der Waals surface area contributed by atoms with Crippen molar-refractivity contribution >= 4 is 27.5 Å². The Hall–Kier alpha value is -1.79. The summed E-state index contributed by atoms with van der Waals surface area (Å²) in [5.74, 6) is -1.69. The fourth-order valence-electron chi connectivity index (χ4n) is 2.20. The minimum atomic E-state index is -0.667. The van der Waals surface area contributed by atoms with Crippen molar-refractivity contribution in [1.82, 2.24) is 5.32 Å². The van der Waals surface area contributed by atoms with E-state index in [2.05, 4.69) is 26.6 Å². The SMILES string of the molecule is CC[C@H](NCC(=O)Nc1cc(F)ccc1F)c1ccc(Br)cc1. The monoisotopic (exact) mass is 382 g/mol. The highest BCUT2D eigenvalue weighted by Gasteiger charge is 2.12. The first kappa shape index (κ1) is 17.6. The Labute approximate surface area is 142 Å². The van der Waals surface area contributed by atoms with Crippen LogP contribution in [-0.2, 0) is 4.79 Å². The van der Waals surface area contributed by atoms with E-state index in [0.717, 1.165) is 34.7 Å². The molecule has 3 nitrogen and oxygen atoms in total. The third-order valence-electron chi connectivity index (χ3n) is 3.39. The van der Waals surface area contributed by atoms with E-state index < -0.39 is 17.5 Å². The Bertz CT molecular complexity index is 677. The Morgan fingerprint density at radius 2 is 1.87 bits per heavy atom. The summed E-state index contributed by atoms with van der Waals surface area (Å²) in [5, 5.41) is 5.48. The number of hydrogen-bond donors (Lipinski definition) is 2. The van der Waals surface area contributed by atoms with Gasteiger partial charge in [0.15, 0.2) is 0 Å². The Morgan fingerprint density at radius 3 is 2.52 bits per heavy atom. The summed E-state index contributed by atoms with van der Waals surface area (Å²) in [5.41, 5.74) is 0.897. The Balaban J connectivity index is 1.94. The van der Waals surface area contributed by atoms with Crippen LogP contribution in [0.2, 0.25) is 0 Å². The number of benzene rings is 2. The van der Waals surface area contributed by atoms with Crippen LogP contribution in [0.1, 0.15) is 24.9 Å². The van der Waals surface area contributed by atoms with E-state index in [1.165, 1.54) is 0 Å². The third kappa shape index (κ3) is 5.11. The van der Waals surface area contributed by atoms with Crippen LogP contribution in [0.4, 0.5) is 14.5 Å². The van der Waals surface area contributed by atoms with Crippen LogP contribution in [0.25, 0.3) is 0 Å². The smallest absolute Gasteiger partial charge is 0.238 e.